The predicted molar refractivity (Wildman–Crippen MR) is 307 cm³/mol. The van der Waals surface area contributed by atoms with Crippen LogP contribution in [0.15, 0.2) is 203 Å². The van der Waals surface area contributed by atoms with E-state index in [1.165, 1.54) is 22.3 Å². The highest BCUT2D eigenvalue weighted by molar-refractivity contribution is 6.27. The maximum atomic E-state index is 7.10. The van der Waals surface area contributed by atoms with Gasteiger partial charge >= 0.3 is 0 Å². The Balaban J connectivity index is 1.01. The van der Waals surface area contributed by atoms with E-state index in [0.29, 0.717) is 23.7 Å². The van der Waals surface area contributed by atoms with Gasteiger partial charge in [0.1, 0.15) is 22.3 Å². The largest absolute Gasteiger partial charge is 0.455 e. The second kappa shape index (κ2) is 18.0. The molecule has 2 heterocycles. The molecular formula is C68H60N2O2. The minimum Gasteiger partial charge on any atom is -0.455 e. The SMILES string of the molecule is CC(C)c1ccc(N(c2ccc(C(C)C)cc2)c2ccc3cc4c(cc3c2)oc2c4cc(-c3ccccc3)c3oc4cc5cc(N(c6ccc(C(C)C)cc6)c6ccc(C(C)C)cc6)ccc5cc4c32)cc1. The monoisotopic (exact) mass is 936 g/mol. The molecule has 12 aromatic rings. The summed E-state index contributed by atoms with van der Waals surface area (Å²) >= 11 is 0. The van der Waals surface area contributed by atoms with Gasteiger partial charge in [0.05, 0.1) is 5.39 Å². The maximum Gasteiger partial charge on any atom is 0.147 e. The molecule has 0 aliphatic heterocycles. The first-order valence-corrected chi connectivity index (χ1v) is 25.7. The van der Waals surface area contributed by atoms with Crippen molar-refractivity contribution in [3.63, 3.8) is 0 Å². The molecule has 0 aliphatic rings. The normalized spacial score (nSPS) is 12.1. The summed E-state index contributed by atoms with van der Waals surface area (Å²) in [6.07, 6.45) is 0. The Morgan fingerprint density at radius 3 is 1.10 bits per heavy atom. The van der Waals surface area contributed by atoms with E-state index in [1.54, 1.807) is 0 Å². The molecule has 0 saturated heterocycles. The molecule has 0 radical (unpaired) electrons. The van der Waals surface area contributed by atoms with Crippen LogP contribution in [-0.4, -0.2) is 0 Å². The molecule has 0 aliphatic carbocycles. The van der Waals surface area contributed by atoms with Crippen LogP contribution in [0.25, 0.3) is 76.5 Å². The van der Waals surface area contributed by atoms with Crippen molar-refractivity contribution in [2.24, 2.45) is 0 Å². The highest BCUT2D eigenvalue weighted by Crippen LogP contribution is 2.47. The summed E-state index contributed by atoms with van der Waals surface area (Å²) in [5.74, 6) is 1.82. The summed E-state index contributed by atoms with van der Waals surface area (Å²) in [6, 6.07) is 71.6. The van der Waals surface area contributed by atoms with Crippen LogP contribution in [0, 0.1) is 0 Å². The van der Waals surface area contributed by atoms with Gasteiger partial charge in [-0.3, -0.25) is 0 Å². The summed E-state index contributed by atoms with van der Waals surface area (Å²) < 4.78 is 14.2. The number of furan rings is 2. The van der Waals surface area contributed by atoms with E-state index in [4.69, 9.17) is 8.83 Å². The Morgan fingerprint density at radius 1 is 0.306 bits per heavy atom. The first-order chi connectivity index (χ1) is 34.9. The number of benzene rings is 10. The zero-order valence-corrected chi connectivity index (χ0v) is 42.5. The Kier molecular flexibility index (Phi) is 11.2. The quantitative estimate of drug-likeness (QED) is 0.129. The molecule has 0 bridgehead atoms. The van der Waals surface area contributed by atoms with Gasteiger partial charge in [-0.2, -0.15) is 0 Å². The van der Waals surface area contributed by atoms with Crippen molar-refractivity contribution >= 4 is 99.5 Å². The maximum absolute atomic E-state index is 7.10. The summed E-state index contributed by atoms with van der Waals surface area (Å²) in [5, 5.41) is 8.68. The first-order valence-electron chi connectivity index (χ1n) is 25.7. The van der Waals surface area contributed by atoms with Crippen LogP contribution in [0.1, 0.15) is 101 Å². The van der Waals surface area contributed by atoms with Gasteiger partial charge in [-0.1, -0.05) is 146 Å². The van der Waals surface area contributed by atoms with Crippen molar-refractivity contribution in [3.8, 4) is 11.1 Å². The van der Waals surface area contributed by atoms with Crippen molar-refractivity contribution in [3.05, 3.63) is 216 Å². The van der Waals surface area contributed by atoms with Crippen LogP contribution >= 0.6 is 0 Å². The van der Waals surface area contributed by atoms with Crippen LogP contribution in [0.5, 0.6) is 0 Å². The molecule has 0 saturated carbocycles. The fourth-order valence-corrected chi connectivity index (χ4v) is 10.7. The minimum atomic E-state index is 0.454. The third kappa shape index (κ3) is 7.96. The second-order valence-electron chi connectivity index (χ2n) is 21.0. The Morgan fingerprint density at radius 2 is 0.681 bits per heavy atom. The van der Waals surface area contributed by atoms with Crippen LogP contribution < -0.4 is 9.80 Å². The van der Waals surface area contributed by atoms with E-state index in [1.807, 2.05) is 0 Å². The van der Waals surface area contributed by atoms with Crippen LogP contribution in [0.4, 0.5) is 34.1 Å². The Hall–Kier alpha value is -8.08. The molecule has 354 valence electrons. The van der Waals surface area contributed by atoms with Crippen LogP contribution in [0.2, 0.25) is 0 Å². The summed E-state index contributed by atoms with van der Waals surface area (Å²) in [7, 11) is 0. The van der Waals surface area contributed by atoms with Gasteiger partial charge in [-0.05, 0) is 176 Å². The highest BCUT2D eigenvalue weighted by Gasteiger charge is 2.23. The van der Waals surface area contributed by atoms with Gasteiger partial charge in [0.2, 0.25) is 0 Å². The van der Waals surface area contributed by atoms with Crippen molar-refractivity contribution in [2.75, 3.05) is 9.80 Å². The van der Waals surface area contributed by atoms with E-state index in [0.717, 1.165) is 111 Å². The lowest BCUT2D eigenvalue weighted by molar-refractivity contribution is 0.664. The average Bonchev–Trinajstić information content (AvgIpc) is 3.95. The molecule has 4 heteroatoms. The molecule has 0 unspecified atom stereocenters. The molecular weight excluding hydrogens is 877 g/mol. The topological polar surface area (TPSA) is 32.8 Å². The van der Waals surface area contributed by atoms with Gasteiger partial charge < -0.3 is 18.6 Å². The van der Waals surface area contributed by atoms with E-state index < -0.39 is 0 Å². The number of nitrogens with zero attached hydrogens (tertiary/aromatic N) is 2. The summed E-state index contributed by atoms with van der Waals surface area (Å²) in [6.45, 7) is 18.0. The second-order valence-corrected chi connectivity index (χ2v) is 21.0. The van der Waals surface area contributed by atoms with Gasteiger partial charge in [0, 0.05) is 55.8 Å². The number of hydrogen-bond acceptors (Lipinski definition) is 4. The van der Waals surface area contributed by atoms with Gasteiger partial charge in [0.15, 0.2) is 0 Å². The molecule has 10 aromatic carbocycles. The lowest BCUT2D eigenvalue weighted by Gasteiger charge is -2.26. The fourth-order valence-electron chi connectivity index (χ4n) is 10.7. The number of hydrogen-bond donors (Lipinski definition) is 0. The van der Waals surface area contributed by atoms with Crippen LogP contribution in [-0.2, 0) is 0 Å². The summed E-state index contributed by atoms with van der Waals surface area (Å²) in [4.78, 5) is 4.73. The lowest BCUT2D eigenvalue weighted by Crippen LogP contribution is -2.10. The molecule has 0 atom stereocenters. The zero-order valence-electron chi connectivity index (χ0n) is 42.5. The fraction of sp³-hybridized carbons (Fsp3) is 0.176. The average molecular weight is 937 g/mol. The molecule has 12 rings (SSSR count). The van der Waals surface area contributed by atoms with Gasteiger partial charge in [-0.25, -0.2) is 0 Å². The molecule has 0 fully saturated rings. The molecule has 4 nitrogen and oxygen atoms in total. The third-order valence-corrected chi connectivity index (χ3v) is 14.9. The van der Waals surface area contributed by atoms with Gasteiger partial charge in [-0.15, -0.1) is 0 Å². The van der Waals surface area contributed by atoms with Crippen molar-refractivity contribution in [1.82, 2.24) is 0 Å². The van der Waals surface area contributed by atoms with E-state index in [2.05, 4.69) is 259 Å². The Labute approximate surface area is 422 Å². The number of anilines is 6. The van der Waals surface area contributed by atoms with Gasteiger partial charge in [0.25, 0.3) is 0 Å². The van der Waals surface area contributed by atoms with Crippen molar-refractivity contribution < 1.29 is 8.83 Å². The van der Waals surface area contributed by atoms with E-state index in [9.17, 15) is 0 Å². The standard InChI is InChI=1S/C68H60N2O2/c1-41(2)45-14-24-54(25-15-45)69(55-26-16-46(17-27-55)42(3)4)58-32-22-50-36-61-62-40-60(49-12-10-9-11-13-49)67-66(68(62)71-64(61)38-52(50)34-58)63-37-51-23-33-59(35-53(51)39-65(63)72-67)70(56-28-18-47(19-29-56)43(5)6)57-30-20-48(21-31-57)44(7)8/h9-44H,1-8H3. The number of fused-ring (bicyclic) bond motifs is 9. The molecule has 0 N–H and O–H groups in total. The molecule has 2 aromatic heterocycles. The third-order valence-electron chi connectivity index (χ3n) is 14.9. The minimum absolute atomic E-state index is 0.454. The smallest absolute Gasteiger partial charge is 0.147 e. The van der Waals surface area contributed by atoms with Crippen LogP contribution in [0.3, 0.4) is 0 Å². The zero-order chi connectivity index (χ0) is 49.4. The molecule has 72 heavy (non-hydrogen) atoms. The molecule has 0 spiro atoms. The summed E-state index contributed by atoms with van der Waals surface area (Å²) in [5.41, 5.74) is 17.4. The van der Waals surface area contributed by atoms with Crippen molar-refractivity contribution in [2.45, 2.75) is 79.1 Å². The lowest BCUT2D eigenvalue weighted by atomic mass is 9.97. The Bertz CT molecular complexity index is 3850. The number of rotatable bonds is 11. The van der Waals surface area contributed by atoms with E-state index >= 15 is 0 Å². The first kappa shape index (κ1) is 45.1. The predicted octanol–water partition coefficient (Wildman–Crippen LogP) is 20.9. The highest BCUT2D eigenvalue weighted by atomic mass is 16.3. The van der Waals surface area contributed by atoms with Crippen molar-refractivity contribution in [1.29, 1.82) is 0 Å². The molecule has 0 amide bonds. The van der Waals surface area contributed by atoms with E-state index in [-0.39, 0.29) is 0 Å².